The minimum absolute atomic E-state index is 0.156. The Balaban J connectivity index is 2.97. The highest BCUT2D eigenvalue weighted by atomic mass is 16.1. The van der Waals surface area contributed by atoms with Crippen LogP contribution in [0.4, 0.5) is 0 Å². The van der Waals surface area contributed by atoms with Gasteiger partial charge in [0.25, 0.3) is 0 Å². The lowest BCUT2D eigenvalue weighted by molar-refractivity contribution is -0.118. The summed E-state index contributed by atoms with van der Waals surface area (Å²) in [5.41, 5.74) is 5.13. The summed E-state index contributed by atoms with van der Waals surface area (Å²) in [5, 5.41) is 3.59. The van der Waals surface area contributed by atoms with Gasteiger partial charge in [0.1, 0.15) is 0 Å². The highest BCUT2D eigenvalue weighted by Crippen LogP contribution is 2.10. The predicted molar refractivity (Wildman–Crippen MR) is 111 cm³/mol. The van der Waals surface area contributed by atoms with Crippen molar-refractivity contribution in [1.82, 2.24) is 5.32 Å². The lowest BCUT2D eigenvalue weighted by Gasteiger charge is -2.05. The molecule has 0 heterocycles. The Morgan fingerprint density at radius 1 is 0.600 bits per heavy atom. The Hall–Kier alpha value is -0.570. The molecule has 0 aliphatic heterocycles. The summed E-state index contributed by atoms with van der Waals surface area (Å²) in [6.45, 7) is 4.69. The molecule has 3 nitrogen and oxygen atoms in total. The summed E-state index contributed by atoms with van der Waals surface area (Å²) in [4.78, 5) is 10.6. The summed E-state index contributed by atoms with van der Waals surface area (Å²) >= 11 is 0. The van der Waals surface area contributed by atoms with E-state index in [2.05, 4.69) is 12.2 Å². The van der Waals surface area contributed by atoms with Gasteiger partial charge in [0, 0.05) is 6.42 Å². The molecule has 0 aliphatic carbocycles. The Bertz CT molecular complexity index is 269. The van der Waals surface area contributed by atoms with Gasteiger partial charge in [-0.05, 0) is 32.4 Å². The van der Waals surface area contributed by atoms with Crippen LogP contribution in [0.2, 0.25) is 0 Å². The van der Waals surface area contributed by atoms with Crippen molar-refractivity contribution in [2.45, 2.75) is 122 Å². The lowest BCUT2D eigenvalue weighted by atomic mass is 10.1. The van der Waals surface area contributed by atoms with Crippen molar-refractivity contribution in [3.05, 3.63) is 0 Å². The highest BCUT2D eigenvalue weighted by Gasteiger charge is 1.96. The summed E-state index contributed by atoms with van der Waals surface area (Å²) in [7, 11) is 0. The molecule has 0 radical (unpaired) electrons. The van der Waals surface area contributed by atoms with Crippen molar-refractivity contribution in [2.75, 3.05) is 13.1 Å². The zero-order valence-corrected chi connectivity index (χ0v) is 17.1. The minimum atomic E-state index is -0.156. The minimum Gasteiger partial charge on any atom is -0.370 e. The number of rotatable bonds is 21. The van der Waals surface area contributed by atoms with Crippen molar-refractivity contribution in [3.8, 4) is 0 Å². The molecular weight excluding hydrogens is 308 g/mol. The van der Waals surface area contributed by atoms with Crippen molar-refractivity contribution in [2.24, 2.45) is 5.73 Å². The third kappa shape index (κ3) is 23.4. The summed E-state index contributed by atoms with van der Waals surface area (Å²) in [6, 6.07) is 0. The Morgan fingerprint density at radius 2 is 0.960 bits per heavy atom. The van der Waals surface area contributed by atoms with E-state index in [0.29, 0.717) is 6.42 Å². The smallest absolute Gasteiger partial charge is 0.217 e. The lowest BCUT2D eigenvalue weighted by Crippen LogP contribution is -2.16. The van der Waals surface area contributed by atoms with Gasteiger partial charge in [0.05, 0.1) is 0 Å². The molecule has 0 aromatic rings. The molecule has 0 aromatic carbocycles. The van der Waals surface area contributed by atoms with Gasteiger partial charge in [-0.3, -0.25) is 4.79 Å². The van der Waals surface area contributed by atoms with E-state index in [0.717, 1.165) is 12.8 Å². The van der Waals surface area contributed by atoms with E-state index in [1.165, 1.54) is 109 Å². The van der Waals surface area contributed by atoms with E-state index in [4.69, 9.17) is 5.73 Å². The van der Waals surface area contributed by atoms with Gasteiger partial charge in [-0.2, -0.15) is 0 Å². The molecule has 3 heteroatoms. The van der Waals surface area contributed by atoms with E-state index in [1.54, 1.807) is 0 Å². The molecule has 0 saturated heterocycles. The average molecular weight is 355 g/mol. The van der Waals surface area contributed by atoms with Crippen LogP contribution >= 0.6 is 0 Å². The van der Waals surface area contributed by atoms with Crippen LogP contribution in [0.3, 0.4) is 0 Å². The first-order valence-corrected chi connectivity index (χ1v) is 11.3. The monoisotopic (exact) mass is 354 g/mol. The first-order chi connectivity index (χ1) is 12.3. The summed E-state index contributed by atoms with van der Waals surface area (Å²) < 4.78 is 0. The van der Waals surface area contributed by atoms with Crippen molar-refractivity contribution >= 4 is 5.91 Å². The number of carbonyl (C=O) groups excluding carboxylic acids is 1. The molecule has 0 aromatic heterocycles. The van der Waals surface area contributed by atoms with Gasteiger partial charge >= 0.3 is 0 Å². The van der Waals surface area contributed by atoms with Crippen molar-refractivity contribution in [3.63, 3.8) is 0 Å². The molecule has 0 rings (SSSR count). The maximum Gasteiger partial charge on any atom is 0.217 e. The quantitative estimate of drug-likeness (QED) is 0.245. The largest absolute Gasteiger partial charge is 0.370 e. The van der Waals surface area contributed by atoms with Gasteiger partial charge in [-0.25, -0.2) is 0 Å². The number of hydrogen-bond donors (Lipinski definition) is 2. The van der Waals surface area contributed by atoms with E-state index >= 15 is 0 Å². The summed E-state index contributed by atoms with van der Waals surface area (Å²) in [6.07, 6.45) is 23.3. The molecule has 150 valence electrons. The molecule has 0 unspecified atom stereocenters. The van der Waals surface area contributed by atoms with Crippen LogP contribution in [0, 0.1) is 0 Å². The fourth-order valence-corrected chi connectivity index (χ4v) is 3.30. The first-order valence-electron chi connectivity index (χ1n) is 11.3. The standard InChI is InChI=1S/C22H46N2O/c1-2-3-4-5-6-11-14-17-20-24-21-18-15-12-9-7-8-10-13-16-19-22(23)25/h24H,2-21H2,1H3,(H2,23,25). The Morgan fingerprint density at radius 3 is 1.36 bits per heavy atom. The maximum absolute atomic E-state index is 10.6. The highest BCUT2D eigenvalue weighted by molar-refractivity contribution is 5.73. The SMILES string of the molecule is CCCCCCCCCCNCCCCCCCCCCCC(N)=O. The van der Waals surface area contributed by atoms with Gasteiger partial charge < -0.3 is 11.1 Å². The molecule has 0 saturated carbocycles. The normalized spacial score (nSPS) is 11.1. The zero-order valence-electron chi connectivity index (χ0n) is 17.1. The summed E-state index contributed by atoms with van der Waals surface area (Å²) in [5.74, 6) is -0.156. The molecular formula is C22H46N2O. The third-order valence-corrected chi connectivity index (χ3v) is 4.98. The van der Waals surface area contributed by atoms with Crippen LogP contribution in [0.25, 0.3) is 0 Å². The van der Waals surface area contributed by atoms with Crippen LogP contribution < -0.4 is 11.1 Å². The van der Waals surface area contributed by atoms with Crippen LogP contribution in [-0.2, 0) is 4.79 Å². The van der Waals surface area contributed by atoms with E-state index in [1.807, 2.05) is 0 Å². The number of amides is 1. The second-order valence-electron chi connectivity index (χ2n) is 7.62. The van der Waals surface area contributed by atoms with Gasteiger partial charge in [0.15, 0.2) is 0 Å². The first kappa shape index (κ1) is 24.4. The Kier molecular flexibility index (Phi) is 21.0. The third-order valence-electron chi connectivity index (χ3n) is 4.98. The van der Waals surface area contributed by atoms with Crippen LogP contribution in [0.15, 0.2) is 0 Å². The van der Waals surface area contributed by atoms with E-state index in [-0.39, 0.29) is 5.91 Å². The van der Waals surface area contributed by atoms with Crippen molar-refractivity contribution < 1.29 is 4.79 Å². The number of carbonyl (C=O) groups is 1. The topological polar surface area (TPSA) is 55.1 Å². The second-order valence-corrected chi connectivity index (χ2v) is 7.62. The number of primary amides is 1. The second kappa shape index (κ2) is 21.5. The number of nitrogens with two attached hydrogens (primary N) is 1. The van der Waals surface area contributed by atoms with Crippen LogP contribution in [-0.4, -0.2) is 19.0 Å². The molecule has 3 N–H and O–H groups in total. The molecule has 0 bridgehead atoms. The van der Waals surface area contributed by atoms with Crippen LogP contribution in [0.5, 0.6) is 0 Å². The zero-order chi connectivity index (χ0) is 18.4. The molecule has 1 amide bonds. The van der Waals surface area contributed by atoms with Gasteiger partial charge in [-0.15, -0.1) is 0 Å². The Labute approximate surface area is 157 Å². The van der Waals surface area contributed by atoms with Crippen molar-refractivity contribution in [1.29, 1.82) is 0 Å². The van der Waals surface area contributed by atoms with E-state index < -0.39 is 0 Å². The van der Waals surface area contributed by atoms with Gasteiger partial charge in [0.2, 0.25) is 5.91 Å². The molecule has 0 aliphatic rings. The maximum atomic E-state index is 10.6. The fourth-order valence-electron chi connectivity index (χ4n) is 3.30. The fraction of sp³-hybridized carbons (Fsp3) is 0.955. The predicted octanol–water partition coefficient (Wildman–Crippen LogP) is 6.10. The number of nitrogens with one attached hydrogen (secondary N) is 1. The average Bonchev–Trinajstić information content (AvgIpc) is 2.60. The number of unbranched alkanes of at least 4 members (excludes halogenated alkanes) is 15. The van der Waals surface area contributed by atoms with Crippen LogP contribution in [0.1, 0.15) is 122 Å². The molecule has 0 fully saturated rings. The number of hydrogen-bond acceptors (Lipinski definition) is 2. The molecule has 25 heavy (non-hydrogen) atoms. The van der Waals surface area contributed by atoms with Gasteiger partial charge in [-0.1, -0.05) is 96.8 Å². The molecule has 0 atom stereocenters. The van der Waals surface area contributed by atoms with E-state index in [9.17, 15) is 4.79 Å². The molecule has 0 spiro atoms.